The zero-order valence-corrected chi connectivity index (χ0v) is 28.5. The molecule has 1 heterocycles. The molecule has 0 aliphatic heterocycles. The maximum absolute atomic E-state index is 2.40. The molecular formula is C50H34N2. The minimum atomic E-state index is 1.11. The first-order valence-electron chi connectivity index (χ1n) is 17.9. The molecule has 0 N–H and O–H groups in total. The molecule has 0 bridgehead atoms. The van der Waals surface area contributed by atoms with Gasteiger partial charge in [0.05, 0.1) is 16.7 Å². The van der Waals surface area contributed by atoms with Crippen LogP contribution in [-0.4, -0.2) is 4.57 Å². The number of hydrogen-bond donors (Lipinski definition) is 0. The molecule has 0 saturated heterocycles. The second-order valence-corrected chi connectivity index (χ2v) is 13.4. The number of hydrogen-bond acceptors (Lipinski definition) is 1. The molecule has 0 radical (unpaired) electrons. The van der Waals surface area contributed by atoms with E-state index in [1.807, 2.05) is 0 Å². The predicted molar refractivity (Wildman–Crippen MR) is 221 cm³/mol. The summed E-state index contributed by atoms with van der Waals surface area (Å²) in [5, 5.41) is 7.41. The van der Waals surface area contributed by atoms with Gasteiger partial charge in [0.1, 0.15) is 0 Å². The van der Waals surface area contributed by atoms with Crippen LogP contribution in [-0.2, 0) is 0 Å². The standard InChI is InChI=1S/C50H34N2/c1-3-14-38(15-4-1)45-22-12-24-49-50(45)46-34-40(28-32-48(46)52(49)41-19-5-2-6-20-41)36-25-29-42(30-26-36)51(43-31-27-35-13-7-8-17-39(35)33-43)47-23-11-18-37-16-9-10-21-44(37)47/h1-34H. The summed E-state index contributed by atoms with van der Waals surface area (Å²) in [6.45, 7) is 0. The van der Waals surface area contributed by atoms with E-state index in [9.17, 15) is 0 Å². The highest BCUT2D eigenvalue weighted by Crippen LogP contribution is 2.42. The lowest BCUT2D eigenvalue weighted by molar-refractivity contribution is 1.18. The topological polar surface area (TPSA) is 8.17 Å². The first-order chi connectivity index (χ1) is 25.8. The molecule has 0 unspecified atom stereocenters. The summed E-state index contributed by atoms with van der Waals surface area (Å²) in [4.78, 5) is 2.39. The van der Waals surface area contributed by atoms with Crippen LogP contribution in [0.4, 0.5) is 17.1 Å². The van der Waals surface area contributed by atoms with E-state index in [0.29, 0.717) is 0 Å². The Balaban J connectivity index is 1.13. The van der Waals surface area contributed by atoms with Crippen LogP contribution in [0.5, 0.6) is 0 Å². The van der Waals surface area contributed by atoms with Gasteiger partial charge in [-0.3, -0.25) is 0 Å². The number of para-hydroxylation sites is 1. The highest BCUT2D eigenvalue weighted by molar-refractivity contribution is 6.16. The average Bonchev–Trinajstić information content (AvgIpc) is 3.56. The van der Waals surface area contributed by atoms with Gasteiger partial charge in [0.25, 0.3) is 0 Å². The van der Waals surface area contributed by atoms with Gasteiger partial charge in [-0.15, -0.1) is 0 Å². The van der Waals surface area contributed by atoms with Crippen molar-refractivity contribution in [2.24, 2.45) is 0 Å². The smallest absolute Gasteiger partial charge is 0.0547 e. The first-order valence-corrected chi connectivity index (χ1v) is 17.9. The molecule has 0 spiro atoms. The Hall–Kier alpha value is -6.90. The van der Waals surface area contributed by atoms with Crippen molar-refractivity contribution in [3.05, 3.63) is 206 Å². The number of nitrogens with zero attached hydrogens (tertiary/aromatic N) is 2. The Morgan fingerprint density at radius 3 is 1.83 bits per heavy atom. The van der Waals surface area contributed by atoms with Crippen molar-refractivity contribution in [3.8, 4) is 27.9 Å². The molecule has 52 heavy (non-hydrogen) atoms. The molecule has 9 aromatic carbocycles. The number of aromatic nitrogens is 1. The van der Waals surface area contributed by atoms with E-state index in [4.69, 9.17) is 0 Å². The van der Waals surface area contributed by atoms with Crippen LogP contribution >= 0.6 is 0 Å². The van der Waals surface area contributed by atoms with Crippen LogP contribution in [0, 0.1) is 0 Å². The van der Waals surface area contributed by atoms with Crippen molar-refractivity contribution >= 4 is 60.4 Å². The summed E-state index contributed by atoms with van der Waals surface area (Å²) >= 11 is 0. The van der Waals surface area contributed by atoms with Gasteiger partial charge in [-0.1, -0.05) is 146 Å². The summed E-state index contributed by atoms with van der Waals surface area (Å²) in [6.07, 6.45) is 0. The van der Waals surface area contributed by atoms with Crippen molar-refractivity contribution in [2.75, 3.05) is 4.90 Å². The van der Waals surface area contributed by atoms with Crippen LogP contribution in [0.3, 0.4) is 0 Å². The number of anilines is 3. The fourth-order valence-electron chi connectivity index (χ4n) is 7.91. The molecule has 0 fully saturated rings. The Morgan fingerprint density at radius 1 is 0.346 bits per heavy atom. The molecule has 0 atom stereocenters. The van der Waals surface area contributed by atoms with Crippen LogP contribution in [0.15, 0.2) is 206 Å². The van der Waals surface area contributed by atoms with Crippen LogP contribution in [0.2, 0.25) is 0 Å². The summed E-state index contributed by atoms with van der Waals surface area (Å²) in [6, 6.07) is 74.7. The van der Waals surface area contributed by atoms with Gasteiger partial charge in [-0.2, -0.15) is 0 Å². The summed E-state index contributed by atoms with van der Waals surface area (Å²) in [5.41, 5.74) is 11.8. The Kier molecular flexibility index (Phi) is 7.18. The quantitative estimate of drug-likeness (QED) is 0.172. The third-order valence-corrected chi connectivity index (χ3v) is 10.3. The van der Waals surface area contributed by atoms with E-state index in [2.05, 4.69) is 216 Å². The lowest BCUT2D eigenvalue weighted by Gasteiger charge is -2.27. The predicted octanol–water partition coefficient (Wildman–Crippen LogP) is 13.9. The lowest BCUT2D eigenvalue weighted by Crippen LogP contribution is -2.10. The van der Waals surface area contributed by atoms with Crippen molar-refractivity contribution in [3.63, 3.8) is 0 Å². The molecular weight excluding hydrogens is 629 g/mol. The molecule has 0 aliphatic carbocycles. The van der Waals surface area contributed by atoms with Crippen molar-refractivity contribution < 1.29 is 0 Å². The van der Waals surface area contributed by atoms with E-state index in [0.717, 1.165) is 22.7 Å². The molecule has 1 aromatic heterocycles. The lowest BCUT2D eigenvalue weighted by atomic mass is 9.97. The Morgan fingerprint density at radius 2 is 1.00 bits per heavy atom. The maximum Gasteiger partial charge on any atom is 0.0547 e. The van der Waals surface area contributed by atoms with Crippen LogP contribution in [0.25, 0.3) is 71.3 Å². The molecule has 10 rings (SSSR count). The van der Waals surface area contributed by atoms with Gasteiger partial charge < -0.3 is 9.47 Å². The van der Waals surface area contributed by atoms with Crippen molar-refractivity contribution in [2.45, 2.75) is 0 Å². The summed E-state index contributed by atoms with van der Waals surface area (Å²) in [7, 11) is 0. The fourth-order valence-corrected chi connectivity index (χ4v) is 7.91. The van der Waals surface area contributed by atoms with E-state index in [-0.39, 0.29) is 0 Å². The monoisotopic (exact) mass is 662 g/mol. The van der Waals surface area contributed by atoms with E-state index in [1.165, 1.54) is 65.6 Å². The Labute approximate surface area is 303 Å². The number of rotatable bonds is 6. The first kappa shape index (κ1) is 30.0. The number of fused-ring (bicyclic) bond motifs is 5. The minimum Gasteiger partial charge on any atom is -0.310 e. The molecule has 2 nitrogen and oxygen atoms in total. The zero-order chi connectivity index (χ0) is 34.4. The van der Waals surface area contributed by atoms with Gasteiger partial charge in [-0.25, -0.2) is 0 Å². The van der Waals surface area contributed by atoms with E-state index in [1.54, 1.807) is 0 Å². The van der Waals surface area contributed by atoms with E-state index >= 15 is 0 Å². The highest BCUT2D eigenvalue weighted by Gasteiger charge is 2.19. The van der Waals surface area contributed by atoms with Gasteiger partial charge in [-0.05, 0) is 99.1 Å². The zero-order valence-electron chi connectivity index (χ0n) is 28.5. The largest absolute Gasteiger partial charge is 0.310 e. The molecule has 10 aromatic rings. The Bertz CT molecular complexity index is 2880. The summed E-state index contributed by atoms with van der Waals surface area (Å²) in [5.74, 6) is 0. The maximum atomic E-state index is 2.40. The average molecular weight is 663 g/mol. The highest BCUT2D eigenvalue weighted by atomic mass is 15.1. The van der Waals surface area contributed by atoms with Gasteiger partial charge in [0, 0.05) is 33.2 Å². The number of benzene rings is 9. The second-order valence-electron chi connectivity index (χ2n) is 13.4. The summed E-state index contributed by atoms with van der Waals surface area (Å²) < 4.78 is 2.40. The SMILES string of the molecule is c1ccc(-c2cccc3c2c2cc(-c4ccc(N(c5ccc6ccccc6c5)c5cccc6ccccc56)cc4)ccc2n3-c2ccccc2)cc1. The minimum absolute atomic E-state index is 1.11. The third-order valence-electron chi connectivity index (χ3n) is 10.3. The van der Waals surface area contributed by atoms with Gasteiger partial charge in [0.15, 0.2) is 0 Å². The molecule has 0 amide bonds. The van der Waals surface area contributed by atoms with Gasteiger partial charge >= 0.3 is 0 Å². The second kappa shape index (κ2) is 12.5. The van der Waals surface area contributed by atoms with Crippen LogP contribution in [0.1, 0.15) is 0 Å². The van der Waals surface area contributed by atoms with Crippen molar-refractivity contribution in [1.29, 1.82) is 0 Å². The van der Waals surface area contributed by atoms with Crippen molar-refractivity contribution in [1.82, 2.24) is 4.57 Å². The van der Waals surface area contributed by atoms with E-state index < -0.39 is 0 Å². The third kappa shape index (κ3) is 5.04. The normalized spacial score (nSPS) is 11.5. The van der Waals surface area contributed by atoms with Gasteiger partial charge in [0.2, 0.25) is 0 Å². The molecule has 0 aliphatic rings. The molecule has 0 saturated carbocycles. The molecule has 2 heteroatoms. The molecule has 244 valence electrons. The van der Waals surface area contributed by atoms with Crippen LogP contribution < -0.4 is 4.90 Å². The fraction of sp³-hybridized carbons (Fsp3) is 0.